The summed E-state index contributed by atoms with van der Waals surface area (Å²) in [4.78, 5) is 14.1. The fraction of sp³-hybridized carbons (Fsp3) is 0.312. The van der Waals surface area contributed by atoms with Crippen LogP contribution in [0.15, 0.2) is 42.5 Å². The van der Waals surface area contributed by atoms with Crippen LogP contribution in [0.3, 0.4) is 0 Å². The number of carbonyl (C=O) groups excluding carboxylic acids is 1. The van der Waals surface area contributed by atoms with E-state index in [1.807, 2.05) is 36.4 Å². The van der Waals surface area contributed by atoms with Gasteiger partial charge in [0.05, 0.1) is 5.25 Å². The summed E-state index contributed by atoms with van der Waals surface area (Å²) in [6, 6.07) is 13.5. The Hall–Kier alpha value is -1.88. The average molecular weight is 303 g/mol. The van der Waals surface area contributed by atoms with Crippen LogP contribution >= 0.6 is 0 Å². The van der Waals surface area contributed by atoms with E-state index in [4.69, 9.17) is 0 Å². The summed E-state index contributed by atoms with van der Waals surface area (Å²) in [6.45, 7) is 0.799. The van der Waals surface area contributed by atoms with Crippen molar-refractivity contribution in [3.05, 3.63) is 48.0 Å². The Morgan fingerprint density at radius 2 is 1.86 bits per heavy atom. The van der Waals surface area contributed by atoms with Gasteiger partial charge in [0, 0.05) is 24.9 Å². The Morgan fingerprint density at radius 3 is 2.52 bits per heavy atom. The SMILES string of the molecule is CS(=O)(=O)C1CCN(C(=O)c2ccc3ccccc3c2)C1. The van der Waals surface area contributed by atoms with Crippen LogP contribution in [0.2, 0.25) is 0 Å². The summed E-state index contributed by atoms with van der Waals surface area (Å²) >= 11 is 0. The van der Waals surface area contributed by atoms with Crippen molar-refractivity contribution >= 4 is 26.5 Å². The summed E-state index contributed by atoms with van der Waals surface area (Å²) < 4.78 is 23.2. The summed E-state index contributed by atoms with van der Waals surface area (Å²) in [5, 5.41) is 1.67. The highest BCUT2D eigenvalue weighted by atomic mass is 32.2. The third kappa shape index (κ3) is 2.78. The highest BCUT2D eigenvalue weighted by Gasteiger charge is 2.32. The molecular formula is C16H17NO3S. The average Bonchev–Trinajstić information content (AvgIpc) is 2.96. The maximum absolute atomic E-state index is 12.5. The molecule has 0 radical (unpaired) electrons. The molecule has 4 nitrogen and oxygen atoms in total. The van der Waals surface area contributed by atoms with E-state index in [1.165, 1.54) is 6.26 Å². The highest BCUT2D eigenvalue weighted by molar-refractivity contribution is 7.91. The number of carbonyl (C=O) groups is 1. The van der Waals surface area contributed by atoms with Crippen molar-refractivity contribution in [2.24, 2.45) is 0 Å². The van der Waals surface area contributed by atoms with Crippen LogP contribution < -0.4 is 0 Å². The lowest BCUT2D eigenvalue weighted by Gasteiger charge is -2.16. The summed E-state index contributed by atoms with van der Waals surface area (Å²) in [5.41, 5.74) is 0.614. The topological polar surface area (TPSA) is 54.5 Å². The van der Waals surface area contributed by atoms with Crippen LogP contribution in [0.5, 0.6) is 0 Å². The lowest BCUT2D eigenvalue weighted by atomic mass is 10.1. The van der Waals surface area contributed by atoms with Gasteiger partial charge < -0.3 is 4.90 Å². The van der Waals surface area contributed by atoms with E-state index in [-0.39, 0.29) is 5.91 Å². The first-order valence-electron chi connectivity index (χ1n) is 6.92. The number of nitrogens with zero attached hydrogens (tertiary/aromatic N) is 1. The van der Waals surface area contributed by atoms with E-state index in [0.717, 1.165) is 10.8 Å². The molecule has 0 bridgehead atoms. The number of fused-ring (bicyclic) bond motifs is 1. The van der Waals surface area contributed by atoms with Crippen molar-refractivity contribution < 1.29 is 13.2 Å². The largest absolute Gasteiger partial charge is 0.337 e. The molecule has 1 heterocycles. The second-order valence-corrected chi connectivity index (χ2v) is 7.88. The van der Waals surface area contributed by atoms with Gasteiger partial charge in [0.2, 0.25) is 0 Å². The molecule has 1 aliphatic heterocycles. The maximum Gasteiger partial charge on any atom is 0.253 e. The van der Waals surface area contributed by atoms with Gasteiger partial charge in [-0.05, 0) is 29.3 Å². The van der Waals surface area contributed by atoms with Crippen LogP contribution in [0.1, 0.15) is 16.8 Å². The molecule has 21 heavy (non-hydrogen) atoms. The molecule has 0 aliphatic carbocycles. The highest BCUT2D eigenvalue weighted by Crippen LogP contribution is 2.21. The number of hydrogen-bond acceptors (Lipinski definition) is 3. The van der Waals surface area contributed by atoms with Crippen molar-refractivity contribution in [1.82, 2.24) is 4.90 Å². The minimum Gasteiger partial charge on any atom is -0.337 e. The molecular weight excluding hydrogens is 286 g/mol. The van der Waals surface area contributed by atoms with Gasteiger partial charge in [-0.15, -0.1) is 0 Å². The van der Waals surface area contributed by atoms with E-state index in [0.29, 0.717) is 25.1 Å². The first-order valence-corrected chi connectivity index (χ1v) is 8.87. The van der Waals surface area contributed by atoms with Gasteiger partial charge in [-0.25, -0.2) is 8.42 Å². The molecule has 1 saturated heterocycles. The van der Waals surface area contributed by atoms with Crippen LogP contribution in [-0.4, -0.2) is 43.8 Å². The summed E-state index contributed by atoms with van der Waals surface area (Å²) in [7, 11) is -3.08. The molecule has 1 unspecified atom stereocenters. The first-order chi connectivity index (χ1) is 9.95. The summed E-state index contributed by atoms with van der Waals surface area (Å²) in [5.74, 6) is -0.0908. The van der Waals surface area contributed by atoms with E-state index in [2.05, 4.69) is 0 Å². The van der Waals surface area contributed by atoms with Gasteiger partial charge in [0.25, 0.3) is 5.91 Å². The predicted molar refractivity (Wildman–Crippen MR) is 83.1 cm³/mol. The number of sulfone groups is 1. The van der Waals surface area contributed by atoms with Crippen LogP contribution in [-0.2, 0) is 9.84 Å². The quantitative estimate of drug-likeness (QED) is 0.853. The number of likely N-dealkylation sites (tertiary alicyclic amines) is 1. The first kappa shape index (κ1) is 14.1. The normalized spacial score (nSPS) is 19.1. The van der Waals surface area contributed by atoms with E-state index >= 15 is 0 Å². The molecule has 3 rings (SSSR count). The smallest absolute Gasteiger partial charge is 0.253 e. The molecule has 0 aromatic heterocycles. The maximum atomic E-state index is 12.5. The number of hydrogen-bond donors (Lipinski definition) is 0. The minimum absolute atomic E-state index is 0.0908. The number of amides is 1. The molecule has 2 aromatic rings. The number of rotatable bonds is 2. The molecule has 1 fully saturated rings. The van der Waals surface area contributed by atoms with Gasteiger partial charge in [0.1, 0.15) is 0 Å². The molecule has 1 aliphatic rings. The zero-order chi connectivity index (χ0) is 15.0. The fourth-order valence-corrected chi connectivity index (χ4v) is 3.75. The Kier molecular flexibility index (Phi) is 3.45. The Balaban J connectivity index is 1.84. The monoisotopic (exact) mass is 303 g/mol. The van der Waals surface area contributed by atoms with Gasteiger partial charge in [0.15, 0.2) is 9.84 Å². The van der Waals surface area contributed by atoms with Gasteiger partial charge in [-0.1, -0.05) is 30.3 Å². The standard InChI is InChI=1S/C16H17NO3S/c1-21(19,20)15-8-9-17(11-15)16(18)14-7-6-12-4-2-3-5-13(12)10-14/h2-7,10,15H,8-9,11H2,1H3. The predicted octanol–water partition coefficient (Wildman–Crippen LogP) is 2.10. The van der Waals surface area contributed by atoms with Crippen molar-refractivity contribution in [2.45, 2.75) is 11.7 Å². The van der Waals surface area contributed by atoms with Crippen LogP contribution in [0, 0.1) is 0 Å². The van der Waals surface area contributed by atoms with Crippen LogP contribution in [0.25, 0.3) is 10.8 Å². The van der Waals surface area contributed by atoms with E-state index in [1.54, 1.807) is 11.0 Å². The Morgan fingerprint density at radius 1 is 1.14 bits per heavy atom. The lowest BCUT2D eigenvalue weighted by molar-refractivity contribution is 0.0793. The molecule has 0 spiro atoms. The van der Waals surface area contributed by atoms with Crippen molar-refractivity contribution in [1.29, 1.82) is 0 Å². The molecule has 110 valence electrons. The van der Waals surface area contributed by atoms with Gasteiger partial charge in [-0.3, -0.25) is 4.79 Å². The minimum atomic E-state index is -3.08. The molecule has 0 N–H and O–H groups in total. The molecule has 0 saturated carbocycles. The lowest BCUT2D eigenvalue weighted by Crippen LogP contribution is -2.31. The van der Waals surface area contributed by atoms with Gasteiger partial charge in [-0.2, -0.15) is 0 Å². The number of benzene rings is 2. The fourth-order valence-electron chi connectivity index (χ4n) is 2.77. The molecule has 5 heteroatoms. The zero-order valence-corrected chi connectivity index (χ0v) is 12.6. The molecule has 2 aromatic carbocycles. The van der Waals surface area contributed by atoms with Crippen molar-refractivity contribution in [2.75, 3.05) is 19.3 Å². The molecule has 1 amide bonds. The second-order valence-electron chi connectivity index (χ2n) is 5.55. The van der Waals surface area contributed by atoms with Crippen molar-refractivity contribution in [3.63, 3.8) is 0 Å². The van der Waals surface area contributed by atoms with E-state index in [9.17, 15) is 13.2 Å². The van der Waals surface area contributed by atoms with E-state index < -0.39 is 15.1 Å². The second kappa shape index (κ2) is 5.15. The molecule has 1 atom stereocenters. The third-order valence-electron chi connectivity index (χ3n) is 4.03. The van der Waals surface area contributed by atoms with Gasteiger partial charge >= 0.3 is 0 Å². The van der Waals surface area contributed by atoms with Crippen molar-refractivity contribution in [3.8, 4) is 0 Å². The Labute approximate surface area is 124 Å². The summed E-state index contributed by atoms with van der Waals surface area (Å²) in [6.07, 6.45) is 1.76. The zero-order valence-electron chi connectivity index (χ0n) is 11.8. The van der Waals surface area contributed by atoms with Crippen LogP contribution in [0.4, 0.5) is 0 Å². The Bertz CT molecular complexity index is 798. The third-order valence-corrected chi connectivity index (χ3v) is 5.63.